The van der Waals surface area contributed by atoms with Gasteiger partial charge in [0, 0.05) is 69.9 Å². The molecule has 16 heteroatoms. The van der Waals surface area contributed by atoms with Gasteiger partial charge in [-0.2, -0.15) is 9.40 Å². The molecule has 9 rings (SSSR count). The Morgan fingerprint density at radius 1 is 0.893 bits per heavy atom. The number of rotatable bonds is 9. The zero-order valence-corrected chi connectivity index (χ0v) is 33.3. The van der Waals surface area contributed by atoms with E-state index in [4.69, 9.17) is 11.6 Å². The number of fused-ring (bicyclic) bond motifs is 3. The quantitative estimate of drug-likeness (QED) is 0.235. The monoisotopic (exact) mass is 800 g/mol. The summed E-state index contributed by atoms with van der Waals surface area (Å²) in [5.74, 6) is 2.37. The molecule has 3 amide bonds. The van der Waals surface area contributed by atoms with Gasteiger partial charge >= 0.3 is 6.03 Å². The van der Waals surface area contributed by atoms with Crippen LogP contribution in [0.2, 0.25) is 5.02 Å². The maximum atomic E-state index is 14.0. The summed E-state index contributed by atoms with van der Waals surface area (Å²) in [4.78, 5) is 39.7. The summed E-state index contributed by atoms with van der Waals surface area (Å²) in [6.45, 7) is 6.36. The number of sulfonamides is 1. The van der Waals surface area contributed by atoms with Crippen LogP contribution >= 0.6 is 11.6 Å². The van der Waals surface area contributed by atoms with Crippen LogP contribution in [0, 0.1) is 17.8 Å². The lowest BCUT2D eigenvalue weighted by molar-refractivity contribution is -0.120. The van der Waals surface area contributed by atoms with Gasteiger partial charge in [-0.3, -0.25) is 19.7 Å². The molecule has 2 bridgehead atoms. The zero-order chi connectivity index (χ0) is 38.6. The van der Waals surface area contributed by atoms with Crippen LogP contribution in [0.25, 0.3) is 10.9 Å². The highest BCUT2D eigenvalue weighted by atomic mass is 35.5. The van der Waals surface area contributed by atoms with E-state index in [0.717, 1.165) is 87.8 Å². The second kappa shape index (κ2) is 15.2. The fourth-order valence-electron chi connectivity index (χ4n) is 9.80. The third-order valence-electron chi connectivity index (χ3n) is 12.9. The predicted molar refractivity (Wildman–Crippen MR) is 215 cm³/mol. The second-order valence-corrected chi connectivity index (χ2v) is 18.7. The number of imide groups is 1. The van der Waals surface area contributed by atoms with Gasteiger partial charge in [0.2, 0.25) is 21.9 Å². The van der Waals surface area contributed by atoms with Crippen molar-refractivity contribution in [1.82, 2.24) is 34.3 Å². The van der Waals surface area contributed by atoms with Gasteiger partial charge in [0.1, 0.15) is 0 Å². The Morgan fingerprint density at radius 2 is 1.62 bits per heavy atom. The van der Waals surface area contributed by atoms with E-state index in [1.165, 1.54) is 5.56 Å². The molecule has 2 N–H and O–H groups in total. The number of aryl methyl sites for hydroxylation is 1. The number of hydrogen-bond acceptors (Lipinski definition) is 10. The van der Waals surface area contributed by atoms with E-state index in [2.05, 4.69) is 53.7 Å². The van der Waals surface area contributed by atoms with E-state index < -0.39 is 16.1 Å². The molecule has 3 atom stereocenters. The largest absolute Gasteiger partial charge is 0.371 e. The van der Waals surface area contributed by atoms with Crippen molar-refractivity contribution in [3.8, 4) is 0 Å². The van der Waals surface area contributed by atoms with Crippen molar-refractivity contribution in [3.63, 3.8) is 0 Å². The number of nitrogens with one attached hydrogen (secondary N) is 2. The summed E-state index contributed by atoms with van der Waals surface area (Å²) in [5.41, 5.74) is 3.28. The van der Waals surface area contributed by atoms with Crippen LogP contribution in [0.3, 0.4) is 0 Å². The van der Waals surface area contributed by atoms with E-state index in [1.807, 2.05) is 29.9 Å². The number of aromatic nitrogens is 4. The average Bonchev–Trinajstić information content (AvgIpc) is 3.64. The maximum absolute atomic E-state index is 14.0. The number of halogens is 1. The molecule has 6 heterocycles. The first-order chi connectivity index (χ1) is 27.1. The Bertz CT molecular complexity index is 2210. The van der Waals surface area contributed by atoms with Gasteiger partial charge in [-0.1, -0.05) is 23.7 Å². The minimum Gasteiger partial charge on any atom is -0.371 e. The Hall–Kier alpha value is -4.31. The highest BCUT2D eigenvalue weighted by molar-refractivity contribution is 7.89. The van der Waals surface area contributed by atoms with Gasteiger partial charge in [0.15, 0.2) is 5.82 Å². The minimum atomic E-state index is -3.63. The number of benzene rings is 2. The molecule has 5 aliphatic rings. The molecular weight excluding hydrogens is 752 g/mol. The Kier molecular flexibility index (Phi) is 10.1. The molecule has 4 aromatic rings. The molecule has 296 valence electrons. The SMILES string of the molecule is Cn1nc(N2CCC(=O)NC2=O)c2ccc(C3CCN(CC4CCN(c5cccc(S(=O)(=O)N6C[C@H]7CC[C@@H](C6)C7Nc6ncc(Cl)cn6)c5)CC4)CC3)cc21. The molecule has 2 aromatic carbocycles. The van der Waals surface area contributed by atoms with Gasteiger partial charge in [0.25, 0.3) is 0 Å². The highest BCUT2D eigenvalue weighted by Gasteiger charge is 2.46. The predicted octanol–water partition coefficient (Wildman–Crippen LogP) is 5.07. The van der Waals surface area contributed by atoms with E-state index in [0.29, 0.717) is 53.2 Å². The van der Waals surface area contributed by atoms with Crippen LogP contribution in [0.4, 0.5) is 22.2 Å². The summed E-state index contributed by atoms with van der Waals surface area (Å²) >= 11 is 5.96. The molecular formula is C40H49ClN10O4S. The first-order valence-electron chi connectivity index (χ1n) is 20.0. The molecule has 0 radical (unpaired) electrons. The highest BCUT2D eigenvalue weighted by Crippen LogP contribution is 2.41. The van der Waals surface area contributed by atoms with E-state index >= 15 is 0 Å². The standard InChI is InChI=1S/C40H49ClN10O4S/c1-47-35-19-28(7-8-34(35)38(46-47)51-18-13-36(52)44-40(51)53)27-11-14-48(15-12-27)23-26-9-16-49(17-10-26)32-3-2-4-33(20-32)56(54,55)50-24-29-5-6-30(25-50)37(29)45-39-42-21-31(41)22-43-39/h2-4,7-8,19-22,26-27,29-30,37H,5-6,9-18,23-25H2,1H3,(H,42,43,45)(H,44,52,53)/t29-,30+,37?. The van der Waals surface area contributed by atoms with Gasteiger partial charge in [-0.05, 0) is 111 Å². The van der Waals surface area contributed by atoms with Gasteiger partial charge in [0.05, 0.1) is 27.8 Å². The van der Waals surface area contributed by atoms with E-state index in [9.17, 15) is 18.0 Å². The van der Waals surface area contributed by atoms with Crippen LogP contribution in [0.1, 0.15) is 56.4 Å². The number of hydrogen-bond donors (Lipinski definition) is 2. The van der Waals surface area contributed by atoms with Crippen LogP contribution in [-0.4, -0.2) is 108 Å². The summed E-state index contributed by atoms with van der Waals surface area (Å²) in [6.07, 6.45) is 9.74. The number of nitrogens with zero attached hydrogens (tertiary/aromatic N) is 8. The fourth-order valence-corrected chi connectivity index (χ4v) is 11.5. The Labute approximate surface area is 332 Å². The van der Waals surface area contributed by atoms with Gasteiger partial charge in [-0.25, -0.2) is 23.2 Å². The van der Waals surface area contributed by atoms with Gasteiger partial charge < -0.3 is 15.1 Å². The van der Waals surface area contributed by atoms with Crippen LogP contribution in [0.15, 0.2) is 59.8 Å². The molecule has 2 aromatic heterocycles. The first kappa shape index (κ1) is 37.3. The Morgan fingerprint density at radius 3 is 2.34 bits per heavy atom. The van der Waals surface area contributed by atoms with Crippen molar-refractivity contribution in [1.29, 1.82) is 0 Å². The summed E-state index contributed by atoms with van der Waals surface area (Å²) < 4.78 is 31.5. The lowest BCUT2D eigenvalue weighted by Crippen LogP contribution is -2.50. The molecule has 14 nitrogen and oxygen atoms in total. The molecule has 1 aliphatic carbocycles. The Balaban J connectivity index is 0.765. The molecule has 0 spiro atoms. The number of piperidine rings is 3. The number of anilines is 3. The molecule has 1 saturated carbocycles. The van der Waals surface area contributed by atoms with Crippen molar-refractivity contribution in [3.05, 3.63) is 65.4 Å². The van der Waals surface area contributed by atoms with Crippen molar-refractivity contribution in [2.75, 3.05) is 67.5 Å². The number of urea groups is 1. The molecule has 4 saturated heterocycles. The van der Waals surface area contributed by atoms with Crippen LogP contribution in [-0.2, 0) is 21.9 Å². The lowest BCUT2D eigenvalue weighted by Gasteiger charge is -2.39. The third kappa shape index (κ3) is 7.34. The fraction of sp³-hybridized carbons (Fsp3) is 0.525. The number of carbonyl (C=O) groups excluding carboxylic acids is 2. The average molecular weight is 801 g/mol. The topological polar surface area (TPSA) is 149 Å². The van der Waals surface area contributed by atoms with Crippen LogP contribution in [0.5, 0.6) is 0 Å². The molecule has 56 heavy (non-hydrogen) atoms. The van der Waals surface area contributed by atoms with E-state index in [1.54, 1.807) is 27.7 Å². The zero-order valence-electron chi connectivity index (χ0n) is 31.7. The number of carbonyl (C=O) groups is 2. The lowest BCUT2D eigenvalue weighted by atomic mass is 9.88. The minimum absolute atomic E-state index is 0.145. The number of likely N-dealkylation sites (tertiary alicyclic amines) is 1. The third-order valence-corrected chi connectivity index (χ3v) is 14.9. The maximum Gasteiger partial charge on any atom is 0.329 e. The summed E-state index contributed by atoms with van der Waals surface area (Å²) in [7, 11) is -1.73. The molecule has 4 aliphatic heterocycles. The van der Waals surface area contributed by atoms with Crippen molar-refractivity contribution in [2.45, 2.75) is 61.8 Å². The molecule has 1 unspecified atom stereocenters. The second-order valence-electron chi connectivity index (χ2n) is 16.3. The van der Waals surface area contributed by atoms with Crippen molar-refractivity contribution in [2.24, 2.45) is 24.8 Å². The smallest absolute Gasteiger partial charge is 0.329 e. The van der Waals surface area contributed by atoms with Crippen molar-refractivity contribution < 1.29 is 18.0 Å². The molecule has 5 fully saturated rings. The van der Waals surface area contributed by atoms with E-state index in [-0.39, 0.29) is 30.2 Å². The number of amides is 3. The summed E-state index contributed by atoms with van der Waals surface area (Å²) in [5, 5.41) is 11.9. The van der Waals surface area contributed by atoms with Crippen LogP contribution < -0.4 is 20.4 Å². The summed E-state index contributed by atoms with van der Waals surface area (Å²) in [6, 6.07) is 13.8. The normalized spacial score (nSPS) is 24.6. The first-order valence-corrected chi connectivity index (χ1v) is 21.8. The van der Waals surface area contributed by atoms with Crippen molar-refractivity contribution >= 4 is 61.9 Å². The van der Waals surface area contributed by atoms with Gasteiger partial charge in [-0.15, -0.1) is 0 Å².